The molecule has 0 amide bonds. The van der Waals surface area contributed by atoms with Gasteiger partial charge < -0.3 is 0 Å². The van der Waals surface area contributed by atoms with Gasteiger partial charge in [-0.1, -0.05) is 57.3 Å². The molecule has 0 heterocycles. The van der Waals surface area contributed by atoms with Gasteiger partial charge in [-0.25, -0.2) is 4.39 Å². The van der Waals surface area contributed by atoms with Crippen LogP contribution in [0.25, 0.3) is 0 Å². The molecule has 0 aliphatic heterocycles. The summed E-state index contributed by atoms with van der Waals surface area (Å²) < 4.78 is 13.5. The molecule has 100 valence electrons. The lowest BCUT2D eigenvalue weighted by Gasteiger charge is -2.16. The Labute approximate surface area is 130 Å². The van der Waals surface area contributed by atoms with Crippen LogP contribution in [0.2, 0.25) is 10.0 Å². The third-order valence-electron chi connectivity index (χ3n) is 3.07. The Morgan fingerprint density at radius 2 is 1.74 bits per heavy atom. The number of halogens is 4. The second-order valence-corrected chi connectivity index (χ2v) is 6.16. The van der Waals surface area contributed by atoms with Crippen molar-refractivity contribution in [1.29, 1.82) is 0 Å². The summed E-state index contributed by atoms with van der Waals surface area (Å²) in [6, 6.07) is 8.73. The normalized spacial score (nSPS) is 12.5. The molecular weight excluding hydrogens is 350 g/mol. The molecule has 0 aliphatic rings. The summed E-state index contributed by atoms with van der Waals surface area (Å²) in [4.78, 5) is -0.160. The lowest BCUT2D eigenvalue weighted by atomic mass is 9.98. The molecule has 1 unspecified atom stereocenters. The van der Waals surface area contributed by atoms with Crippen LogP contribution in [0.3, 0.4) is 0 Å². The topological polar surface area (TPSA) is 0 Å². The fourth-order valence-corrected chi connectivity index (χ4v) is 3.42. The molecule has 0 N–H and O–H groups in total. The van der Waals surface area contributed by atoms with Crippen LogP contribution in [0.15, 0.2) is 30.3 Å². The Hall–Kier alpha value is -0.570. The number of hydrogen-bond acceptors (Lipinski definition) is 0. The molecule has 0 aliphatic carbocycles. The number of hydrogen-bond donors (Lipinski definition) is 0. The minimum atomic E-state index is -0.410. The van der Waals surface area contributed by atoms with Crippen LogP contribution in [-0.2, 0) is 0 Å². The predicted molar refractivity (Wildman–Crippen MR) is 83.1 cm³/mol. The Kier molecular flexibility index (Phi) is 4.54. The van der Waals surface area contributed by atoms with Crippen molar-refractivity contribution in [3.05, 3.63) is 68.4 Å². The molecule has 19 heavy (non-hydrogen) atoms. The van der Waals surface area contributed by atoms with E-state index in [1.165, 1.54) is 6.07 Å². The summed E-state index contributed by atoms with van der Waals surface area (Å²) in [7, 11) is 0. The summed E-state index contributed by atoms with van der Waals surface area (Å²) in [5.41, 5.74) is 3.78. The molecule has 0 bridgehead atoms. The second-order valence-electron chi connectivity index (χ2n) is 4.46. The summed E-state index contributed by atoms with van der Waals surface area (Å²) in [6.07, 6.45) is 0. The highest BCUT2D eigenvalue weighted by atomic mass is 79.9. The van der Waals surface area contributed by atoms with Crippen LogP contribution in [-0.4, -0.2) is 0 Å². The minimum absolute atomic E-state index is 0.149. The summed E-state index contributed by atoms with van der Waals surface area (Å²) in [6.45, 7) is 3.92. The Morgan fingerprint density at radius 3 is 2.42 bits per heavy atom. The molecular formula is C15H12BrCl2F. The highest BCUT2D eigenvalue weighted by Gasteiger charge is 2.18. The van der Waals surface area contributed by atoms with Crippen LogP contribution in [0, 0.1) is 19.7 Å². The van der Waals surface area contributed by atoms with Gasteiger partial charge in [0.2, 0.25) is 0 Å². The molecule has 4 heteroatoms. The third-order valence-corrected chi connectivity index (χ3v) is 4.87. The van der Waals surface area contributed by atoms with Crippen LogP contribution in [0.1, 0.15) is 27.1 Å². The first kappa shape index (κ1) is 14.8. The van der Waals surface area contributed by atoms with Gasteiger partial charge in [-0.3, -0.25) is 0 Å². The average Bonchev–Trinajstić information content (AvgIpc) is 2.36. The zero-order valence-corrected chi connectivity index (χ0v) is 13.6. The van der Waals surface area contributed by atoms with E-state index in [0.29, 0.717) is 5.56 Å². The van der Waals surface area contributed by atoms with Gasteiger partial charge in [0.05, 0.1) is 9.85 Å². The van der Waals surface area contributed by atoms with E-state index in [9.17, 15) is 4.39 Å². The molecule has 2 aromatic rings. The highest BCUT2D eigenvalue weighted by molar-refractivity contribution is 9.09. The van der Waals surface area contributed by atoms with Gasteiger partial charge in [0.25, 0.3) is 0 Å². The molecule has 0 saturated carbocycles. The molecule has 0 fully saturated rings. The molecule has 0 nitrogen and oxygen atoms in total. The monoisotopic (exact) mass is 360 g/mol. The molecule has 2 rings (SSSR count). The number of benzene rings is 2. The fraction of sp³-hybridized carbons (Fsp3) is 0.200. The number of aryl methyl sites for hydroxylation is 2. The van der Waals surface area contributed by atoms with E-state index in [1.807, 2.05) is 32.0 Å². The highest BCUT2D eigenvalue weighted by Crippen LogP contribution is 2.38. The average molecular weight is 362 g/mol. The lowest BCUT2D eigenvalue weighted by Crippen LogP contribution is -1.99. The van der Waals surface area contributed by atoms with Crippen molar-refractivity contribution in [2.75, 3.05) is 0 Å². The first-order valence-corrected chi connectivity index (χ1v) is 7.43. The van der Waals surface area contributed by atoms with E-state index >= 15 is 0 Å². The zero-order chi connectivity index (χ0) is 14.2. The van der Waals surface area contributed by atoms with Crippen molar-refractivity contribution in [1.82, 2.24) is 0 Å². The molecule has 0 aromatic heterocycles. The van der Waals surface area contributed by atoms with Gasteiger partial charge in [0, 0.05) is 5.02 Å². The van der Waals surface area contributed by atoms with Crippen LogP contribution >= 0.6 is 39.1 Å². The van der Waals surface area contributed by atoms with E-state index < -0.39 is 5.82 Å². The lowest BCUT2D eigenvalue weighted by molar-refractivity contribution is 0.626. The summed E-state index contributed by atoms with van der Waals surface area (Å²) in [5.74, 6) is -0.410. The van der Waals surface area contributed by atoms with E-state index in [-0.39, 0.29) is 9.85 Å². The van der Waals surface area contributed by atoms with E-state index in [4.69, 9.17) is 23.2 Å². The summed E-state index contributed by atoms with van der Waals surface area (Å²) in [5, 5.41) is 0.877. The van der Waals surface area contributed by atoms with Gasteiger partial charge >= 0.3 is 0 Å². The number of alkyl halides is 1. The Bertz CT molecular complexity index is 626. The van der Waals surface area contributed by atoms with E-state index in [2.05, 4.69) is 15.9 Å². The minimum Gasteiger partial charge on any atom is -0.205 e. The molecule has 1 atom stereocenters. The SMILES string of the molecule is Cc1cc(C(Br)c2cccc(F)c2Cl)c(C)cc1Cl. The number of rotatable bonds is 2. The van der Waals surface area contributed by atoms with Crippen molar-refractivity contribution in [2.45, 2.75) is 18.7 Å². The van der Waals surface area contributed by atoms with Gasteiger partial charge in [0.15, 0.2) is 0 Å². The van der Waals surface area contributed by atoms with Gasteiger partial charge in [-0.05, 0) is 48.2 Å². The Balaban J connectivity index is 2.53. The molecule has 0 radical (unpaired) electrons. The third kappa shape index (κ3) is 2.96. The molecule has 0 saturated heterocycles. The van der Waals surface area contributed by atoms with E-state index in [1.54, 1.807) is 6.07 Å². The van der Waals surface area contributed by atoms with Crippen LogP contribution in [0.5, 0.6) is 0 Å². The molecule has 0 spiro atoms. The van der Waals surface area contributed by atoms with Crippen molar-refractivity contribution < 1.29 is 4.39 Å². The fourth-order valence-electron chi connectivity index (χ4n) is 1.96. The van der Waals surface area contributed by atoms with E-state index in [0.717, 1.165) is 21.7 Å². The van der Waals surface area contributed by atoms with Crippen molar-refractivity contribution >= 4 is 39.1 Å². The van der Waals surface area contributed by atoms with Gasteiger partial charge in [0.1, 0.15) is 5.82 Å². The largest absolute Gasteiger partial charge is 0.205 e. The standard InChI is InChI=1S/C15H12BrCl2F/c1-8-7-12(17)9(2)6-11(8)14(16)10-4-3-5-13(19)15(10)18/h3-7,14H,1-2H3. The smallest absolute Gasteiger partial charge is 0.142 e. The first-order chi connectivity index (χ1) is 8.91. The maximum atomic E-state index is 13.5. The maximum absolute atomic E-state index is 13.5. The van der Waals surface area contributed by atoms with Crippen LogP contribution in [0.4, 0.5) is 4.39 Å². The first-order valence-electron chi connectivity index (χ1n) is 5.76. The maximum Gasteiger partial charge on any atom is 0.142 e. The quantitative estimate of drug-likeness (QED) is 0.556. The summed E-state index contributed by atoms with van der Waals surface area (Å²) >= 11 is 15.7. The van der Waals surface area contributed by atoms with Crippen molar-refractivity contribution in [3.63, 3.8) is 0 Å². The second kappa shape index (κ2) is 5.82. The van der Waals surface area contributed by atoms with Crippen molar-refractivity contribution in [3.8, 4) is 0 Å². The van der Waals surface area contributed by atoms with Crippen LogP contribution < -0.4 is 0 Å². The van der Waals surface area contributed by atoms with Gasteiger partial charge in [-0.2, -0.15) is 0 Å². The Morgan fingerprint density at radius 1 is 1.05 bits per heavy atom. The van der Waals surface area contributed by atoms with Crippen molar-refractivity contribution in [2.24, 2.45) is 0 Å². The molecule has 2 aromatic carbocycles. The van der Waals surface area contributed by atoms with Gasteiger partial charge in [-0.15, -0.1) is 0 Å². The predicted octanol–water partition coefficient (Wildman–Crippen LogP) is 6.23. The zero-order valence-electron chi connectivity index (χ0n) is 10.5.